The lowest BCUT2D eigenvalue weighted by Crippen LogP contribution is -2.44. The van der Waals surface area contributed by atoms with Crippen molar-refractivity contribution in [2.45, 2.75) is 30.1 Å². The van der Waals surface area contributed by atoms with Gasteiger partial charge in [0.2, 0.25) is 0 Å². The fourth-order valence-electron chi connectivity index (χ4n) is 4.61. The van der Waals surface area contributed by atoms with Crippen molar-refractivity contribution in [2.75, 3.05) is 17.8 Å². The van der Waals surface area contributed by atoms with Gasteiger partial charge < -0.3 is 4.90 Å². The van der Waals surface area contributed by atoms with Crippen molar-refractivity contribution in [1.29, 1.82) is 0 Å². The van der Waals surface area contributed by atoms with Crippen molar-refractivity contribution in [3.05, 3.63) is 88.1 Å². The molecule has 0 atom stereocenters. The molecule has 0 saturated carbocycles. The summed E-state index contributed by atoms with van der Waals surface area (Å²) in [5.41, 5.74) is 3.28. The number of amides is 1. The number of hydrogen-bond donors (Lipinski definition) is 1. The average molecular weight is 544 g/mol. The van der Waals surface area contributed by atoms with E-state index in [1.807, 2.05) is 29.2 Å². The van der Waals surface area contributed by atoms with Crippen LogP contribution < -0.4 is 4.72 Å². The molecule has 1 aliphatic rings. The fraction of sp³-hybridized carbons (Fsp3) is 0.231. The van der Waals surface area contributed by atoms with Crippen LogP contribution in [-0.2, 0) is 15.4 Å². The molecule has 1 aliphatic heterocycles. The molecule has 1 saturated heterocycles. The number of piperidine rings is 1. The van der Waals surface area contributed by atoms with Crippen molar-refractivity contribution >= 4 is 54.8 Å². The highest BCUT2D eigenvalue weighted by atomic mass is 35.5. The van der Waals surface area contributed by atoms with Gasteiger partial charge in [-0.25, -0.2) is 17.8 Å². The molecule has 1 fully saturated rings. The quantitative estimate of drug-likeness (QED) is 0.331. The van der Waals surface area contributed by atoms with Gasteiger partial charge in [-0.1, -0.05) is 36.7 Å². The van der Waals surface area contributed by atoms with Crippen molar-refractivity contribution in [2.24, 2.45) is 0 Å². The van der Waals surface area contributed by atoms with E-state index in [2.05, 4.69) is 16.6 Å². The Hall–Kier alpha value is -3.01. The molecule has 36 heavy (non-hydrogen) atoms. The van der Waals surface area contributed by atoms with Crippen LogP contribution in [0.3, 0.4) is 0 Å². The van der Waals surface area contributed by atoms with E-state index in [1.165, 1.54) is 11.6 Å². The van der Waals surface area contributed by atoms with Gasteiger partial charge in [0, 0.05) is 29.4 Å². The zero-order valence-electron chi connectivity index (χ0n) is 19.4. The number of rotatable bonds is 5. The summed E-state index contributed by atoms with van der Waals surface area (Å²) < 4.78 is 42.5. The van der Waals surface area contributed by atoms with E-state index < -0.39 is 15.8 Å². The Bertz CT molecular complexity index is 1550. The molecule has 1 N–H and O–H groups in total. The molecule has 0 radical (unpaired) electrons. The predicted octanol–water partition coefficient (Wildman–Crippen LogP) is 6.08. The summed E-state index contributed by atoms with van der Waals surface area (Å²) in [7, 11) is -4.00. The summed E-state index contributed by atoms with van der Waals surface area (Å²) in [4.78, 5) is 18.8. The molecule has 6 nitrogen and oxygen atoms in total. The highest BCUT2D eigenvalue weighted by Gasteiger charge is 2.34. The van der Waals surface area contributed by atoms with Gasteiger partial charge in [0.05, 0.1) is 10.2 Å². The van der Waals surface area contributed by atoms with E-state index >= 15 is 0 Å². The molecule has 0 bridgehead atoms. The van der Waals surface area contributed by atoms with Gasteiger partial charge in [0.15, 0.2) is 0 Å². The van der Waals surface area contributed by atoms with Crippen LogP contribution in [0.15, 0.2) is 71.1 Å². The minimum Gasteiger partial charge on any atom is -0.339 e. The first-order chi connectivity index (χ1) is 17.2. The van der Waals surface area contributed by atoms with E-state index in [1.54, 1.807) is 24.3 Å². The summed E-state index contributed by atoms with van der Waals surface area (Å²) in [5, 5.41) is 0.744. The summed E-state index contributed by atoms with van der Waals surface area (Å²) >= 11 is 7.46. The molecular formula is C26H23ClFN3O3S2. The molecule has 0 aliphatic carbocycles. The van der Waals surface area contributed by atoms with E-state index in [9.17, 15) is 17.6 Å². The number of benzene rings is 3. The van der Waals surface area contributed by atoms with E-state index in [-0.39, 0.29) is 26.4 Å². The molecule has 10 heteroatoms. The summed E-state index contributed by atoms with van der Waals surface area (Å²) in [6, 6.07) is 16.4. The van der Waals surface area contributed by atoms with Gasteiger partial charge >= 0.3 is 0 Å². The fourth-order valence-corrected chi connectivity index (χ4v) is 6.97. The Morgan fingerprint density at radius 3 is 2.47 bits per heavy atom. The first-order valence-corrected chi connectivity index (χ1v) is 14.1. The third-order valence-electron chi connectivity index (χ3n) is 6.75. The number of halogens is 2. The third-order valence-corrected chi connectivity index (χ3v) is 9.33. The number of nitrogens with one attached hydrogen (secondary N) is 1. The third kappa shape index (κ3) is 4.58. The Balaban J connectivity index is 1.27. The molecule has 1 aromatic heterocycles. The molecule has 0 unspecified atom stereocenters. The number of thiazole rings is 1. The molecule has 2 heterocycles. The summed E-state index contributed by atoms with van der Waals surface area (Å²) in [6.45, 7) is 3.38. The van der Waals surface area contributed by atoms with Gasteiger partial charge in [-0.15, -0.1) is 11.3 Å². The van der Waals surface area contributed by atoms with Crippen LogP contribution in [0.4, 0.5) is 10.1 Å². The number of anilines is 1. The van der Waals surface area contributed by atoms with Crippen LogP contribution in [-0.4, -0.2) is 37.3 Å². The highest BCUT2D eigenvalue weighted by Crippen LogP contribution is 2.39. The second-order valence-corrected chi connectivity index (χ2v) is 12.0. The molecule has 0 spiro atoms. The normalized spacial score (nSPS) is 15.7. The molecule has 1 amide bonds. The van der Waals surface area contributed by atoms with Crippen molar-refractivity contribution < 1.29 is 17.6 Å². The zero-order chi connectivity index (χ0) is 25.5. The van der Waals surface area contributed by atoms with Crippen molar-refractivity contribution in [3.8, 4) is 0 Å². The lowest BCUT2D eigenvalue weighted by molar-refractivity contribution is 0.0676. The van der Waals surface area contributed by atoms with Crippen molar-refractivity contribution in [3.63, 3.8) is 0 Å². The number of carbonyl (C=O) groups is 1. The summed E-state index contributed by atoms with van der Waals surface area (Å²) in [6.07, 6.45) is 1.59. The Kier molecular flexibility index (Phi) is 6.48. The second-order valence-electron chi connectivity index (χ2n) is 9.09. The number of likely N-dealkylation sites (tertiary alicyclic amines) is 1. The van der Waals surface area contributed by atoms with Crippen LogP contribution in [0.5, 0.6) is 0 Å². The van der Waals surface area contributed by atoms with Crippen LogP contribution in [0, 0.1) is 5.82 Å². The number of nitrogens with zero attached hydrogens (tertiary/aromatic N) is 2. The minimum atomic E-state index is -4.00. The van der Waals surface area contributed by atoms with E-state index in [0.717, 1.165) is 40.8 Å². The van der Waals surface area contributed by atoms with E-state index in [4.69, 9.17) is 11.6 Å². The SMILES string of the molecule is CC1(c2ccccc2Cl)CCN(C(=O)c2ccc(NS(=O)(=O)c3ccc(F)c4scnc34)cc2)CC1. The van der Waals surface area contributed by atoms with Gasteiger partial charge in [0.25, 0.3) is 15.9 Å². The molecule has 4 aromatic rings. The first kappa shape index (κ1) is 24.7. The maximum Gasteiger partial charge on any atom is 0.264 e. The van der Waals surface area contributed by atoms with Gasteiger partial charge in [-0.05, 0) is 66.3 Å². The van der Waals surface area contributed by atoms with Gasteiger partial charge in [0.1, 0.15) is 16.2 Å². The largest absolute Gasteiger partial charge is 0.339 e. The monoisotopic (exact) mass is 543 g/mol. The Morgan fingerprint density at radius 1 is 1.08 bits per heavy atom. The number of carbonyl (C=O) groups excluding carboxylic acids is 1. The van der Waals surface area contributed by atoms with Crippen LogP contribution in [0.1, 0.15) is 35.7 Å². The number of aromatic nitrogens is 1. The molecule has 3 aromatic carbocycles. The lowest BCUT2D eigenvalue weighted by atomic mass is 9.74. The Labute approximate surface area is 217 Å². The molecule has 5 rings (SSSR count). The van der Waals surface area contributed by atoms with Crippen LogP contribution >= 0.6 is 22.9 Å². The topological polar surface area (TPSA) is 79.4 Å². The maximum atomic E-state index is 13.9. The van der Waals surface area contributed by atoms with Crippen molar-refractivity contribution in [1.82, 2.24) is 9.88 Å². The summed E-state index contributed by atoms with van der Waals surface area (Å²) in [5.74, 6) is -0.618. The predicted molar refractivity (Wildman–Crippen MR) is 141 cm³/mol. The van der Waals surface area contributed by atoms with Gasteiger partial charge in [-0.3, -0.25) is 9.52 Å². The highest BCUT2D eigenvalue weighted by molar-refractivity contribution is 7.93. The molecular weight excluding hydrogens is 521 g/mol. The van der Waals surface area contributed by atoms with Crippen LogP contribution in [0.2, 0.25) is 5.02 Å². The second kappa shape index (κ2) is 9.46. The first-order valence-electron chi connectivity index (χ1n) is 11.4. The standard InChI is InChI=1S/C26H23ClFN3O3S2/c1-26(19-4-2-3-5-20(19)27)12-14-31(15-13-26)25(32)17-6-8-18(9-7-17)30-36(33,34)22-11-10-21(28)24-23(22)29-16-35-24/h2-11,16,30H,12-15H2,1H3. The number of hydrogen-bond acceptors (Lipinski definition) is 5. The molecule has 186 valence electrons. The van der Waals surface area contributed by atoms with Gasteiger partial charge in [-0.2, -0.15) is 0 Å². The van der Waals surface area contributed by atoms with E-state index in [0.29, 0.717) is 24.3 Å². The number of fused-ring (bicyclic) bond motifs is 1. The van der Waals surface area contributed by atoms with Crippen LogP contribution in [0.25, 0.3) is 10.2 Å². The maximum absolute atomic E-state index is 13.9. The lowest BCUT2D eigenvalue weighted by Gasteiger charge is -2.40. The average Bonchev–Trinajstić information content (AvgIpc) is 3.35. The minimum absolute atomic E-state index is 0.0909. The Morgan fingerprint density at radius 2 is 1.78 bits per heavy atom. The smallest absolute Gasteiger partial charge is 0.264 e. The zero-order valence-corrected chi connectivity index (χ0v) is 21.8. The number of sulfonamides is 1.